The van der Waals surface area contributed by atoms with Gasteiger partial charge in [-0.25, -0.2) is 4.79 Å². The molecule has 0 spiro atoms. The second kappa shape index (κ2) is 7.33. The smallest absolute Gasteiger partial charge is 0.345 e. The Morgan fingerprint density at radius 1 is 1.07 bits per heavy atom. The first kappa shape index (κ1) is 18.9. The Kier molecular flexibility index (Phi) is 4.63. The first-order chi connectivity index (χ1) is 14.5. The third-order valence-electron chi connectivity index (χ3n) is 5.78. The molecule has 1 atom stereocenters. The molecule has 0 aliphatic carbocycles. The van der Waals surface area contributed by atoms with Crippen molar-refractivity contribution in [3.63, 3.8) is 0 Å². The van der Waals surface area contributed by atoms with E-state index < -0.39 is 11.7 Å². The van der Waals surface area contributed by atoms with Crippen LogP contribution in [0, 0.1) is 6.92 Å². The maximum absolute atomic E-state index is 13.1. The van der Waals surface area contributed by atoms with E-state index >= 15 is 0 Å². The van der Waals surface area contributed by atoms with E-state index in [0.717, 1.165) is 34.3 Å². The van der Waals surface area contributed by atoms with Crippen molar-refractivity contribution in [3.05, 3.63) is 104 Å². The monoisotopic (exact) mass is 461 g/mol. The molecular weight excluding hydrogens is 442 g/mol. The van der Waals surface area contributed by atoms with Gasteiger partial charge in [0.1, 0.15) is 16.9 Å². The van der Waals surface area contributed by atoms with Crippen LogP contribution in [-0.2, 0) is 6.42 Å². The summed E-state index contributed by atoms with van der Waals surface area (Å²) in [5, 5.41) is 11.8. The predicted molar refractivity (Wildman–Crippen MR) is 122 cm³/mol. The Hall–Kier alpha value is -3.05. The van der Waals surface area contributed by atoms with Crippen molar-refractivity contribution < 1.29 is 9.52 Å². The second-order valence-electron chi connectivity index (χ2n) is 7.67. The van der Waals surface area contributed by atoms with Crippen molar-refractivity contribution in [2.75, 3.05) is 11.4 Å². The Bertz CT molecular complexity index is 1310. The number of halogens is 1. The molecule has 1 unspecified atom stereocenters. The van der Waals surface area contributed by atoms with E-state index in [1.54, 1.807) is 6.07 Å². The molecule has 0 fully saturated rings. The lowest BCUT2D eigenvalue weighted by Crippen LogP contribution is -2.38. The van der Waals surface area contributed by atoms with Crippen molar-refractivity contribution in [2.24, 2.45) is 0 Å². The summed E-state index contributed by atoms with van der Waals surface area (Å²) >= 11 is 3.49. The summed E-state index contributed by atoms with van der Waals surface area (Å²) in [5.74, 6) is -0.00577. The highest BCUT2D eigenvalue weighted by Crippen LogP contribution is 2.42. The predicted octanol–water partition coefficient (Wildman–Crippen LogP) is 5.72. The molecule has 0 radical (unpaired) electrons. The fourth-order valence-electron chi connectivity index (χ4n) is 4.34. The average molecular weight is 462 g/mol. The zero-order valence-electron chi connectivity index (χ0n) is 16.4. The molecule has 1 aliphatic heterocycles. The molecule has 30 heavy (non-hydrogen) atoms. The van der Waals surface area contributed by atoms with Gasteiger partial charge in [-0.1, -0.05) is 51.8 Å². The molecule has 4 aromatic rings. The lowest BCUT2D eigenvalue weighted by atomic mass is 9.87. The molecule has 150 valence electrons. The van der Waals surface area contributed by atoms with Gasteiger partial charge in [0.25, 0.3) is 0 Å². The van der Waals surface area contributed by atoms with E-state index in [0.29, 0.717) is 11.0 Å². The van der Waals surface area contributed by atoms with Gasteiger partial charge in [0, 0.05) is 16.7 Å². The van der Waals surface area contributed by atoms with Gasteiger partial charge >= 0.3 is 5.63 Å². The van der Waals surface area contributed by atoms with Crippen molar-refractivity contribution in [1.29, 1.82) is 0 Å². The van der Waals surface area contributed by atoms with E-state index in [2.05, 4.69) is 26.9 Å². The molecule has 0 saturated heterocycles. The van der Waals surface area contributed by atoms with Gasteiger partial charge < -0.3 is 14.4 Å². The molecule has 0 bridgehead atoms. The molecule has 1 N–H and O–H groups in total. The quantitative estimate of drug-likeness (QED) is 0.387. The van der Waals surface area contributed by atoms with E-state index in [9.17, 15) is 9.90 Å². The molecule has 5 heteroatoms. The summed E-state index contributed by atoms with van der Waals surface area (Å²) in [6.45, 7) is 2.68. The van der Waals surface area contributed by atoms with Crippen molar-refractivity contribution in [2.45, 2.75) is 19.4 Å². The highest BCUT2D eigenvalue weighted by atomic mass is 79.9. The van der Waals surface area contributed by atoms with Crippen molar-refractivity contribution in [3.8, 4) is 5.75 Å². The highest BCUT2D eigenvalue weighted by Gasteiger charge is 2.34. The van der Waals surface area contributed by atoms with E-state index in [4.69, 9.17) is 4.42 Å². The van der Waals surface area contributed by atoms with Gasteiger partial charge in [-0.3, -0.25) is 0 Å². The summed E-state index contributed by atoms with van der Waals surface area (Å²) < 4.78 is 6.64. The van der Waals surface area contributed by atoms with Crippen LogP contribution in [0.25, 0.3) is 11.0 Å². The first-order valence-electron chi connectivity index (χ1n) is 9.89. The summed E-state index contributed by atoms with van der Waals surface area (Å²) in [6.07, 6.45) is 0.863. The third-order valence-corrected chi connectivity index (χ3v) is 6.31. The summed E-state index contributed by atoms with van der Waals surface area (Å²) in [6, 6.07) is 21.1. The largest absolute Gasteiger partial charge is 0.507 e. The first-order valence-corrected chi connectivity index (χ1v) is 10.7. The fraction of sp³-hybridized carbons (Fsp3) is 0.160. The number of rotatable bonds is 2. The minimum Gasteiger partial charge on any atom is -0.507 e. The molecule has 3 aromatic carbocycles. The molecule has 0 amide bonds. The molecular formula is C25H20BrNO3. The average Bonchev–Trinajstić information content (AvgIpc) is 2.75. The lowest BCUT2D eigenvalue weighted by molar-refractivity contribution is 0.446. The van der Waals surface area contributed by atoms with Crippen LogP contribution in [0.2, 0.25) is 0 Å². The minimum atomic E-state index is -0.507. The van der Waals surface area contributed by atoms with Crippen LogP contribution in [0.5, 0.6) is 5.75 Å². The van der Waals surface area contributed by atoms with E-state index in [1.807, 2.05) is 61.5 Å². The Morgan fingerprint density at radius 3 is 2.63 bits per heavy atom. The number of nitrogens with zero attached hydrogens (tertiary/aromatic N) is 1. The van der Waals surface area contributed by atoms with Crippen LogP contribution in [0.1, 0.15) is 28.3 Å². The number of aromatic hydroxyl groups is 1. The standard InChI is InChI=1S/C25H20BrNO3/c1-15-6-11-21-20(14-15)24(28)22(25(29)30-21)23-19-5-3-2-4-16(19)12-13-27(23)18-9-7-17(26)8-10-18/h2-11,14,23,28H,12-13H2,1H3. The van der Waals surface area contributed by atoms with Crippen LogP contribution in [-0.4, -0.2) is 11.7 Å². The summed E-state index contributed by atoms with van der Waals surface area (Å²) in [5.41, 5.74) is 4.34. The third kappa shape index (κ3) is 3.10. The van der Waals surface area contributed by atoms with Gasteiger partial charge in [0.15, 0.2) is 0 Å². The van der Waals surface area contributed by atoms with Crippen LogP contribution < -0.4 is 10.5 Å². The van der Waals surface area contributed by atoms with E-state index in [-0.39, 0.29) is 11.3 Å². The van der Waals surface area contributed by atoms with Crippen molar-refractivity contribution >= 4 is 32.6 Å². The van der Waals surface area contributed by atoms with Gasteiger partial charge in [-0.15, -0.1) is 0 Å². The number of benzene rings is 3. The van der Waals surface area contributed by atoms with Crippen LogP contribution in [0.4, 0.5) is 5.69 Å². The number of anilines is 1. The molecule has 1 aromatic heterocycles. The SMILES string of the molecule is Cc1ccc2oc(=O)c(C3c4ccccc4CCN3c3ccc(Br)cc3)c(O)c2c1. The molecule has 4 nitrogen and oxygen atoms in total. The number of hydrogen-bond donors (Lipinski definition) is 1. The summed E-state index contributed by atoms with van der Waals surface area (Å²) in [4.78, 5) is 15.3. The maximum Gasteiger partial charge on any atom is 0.345 e. The Morgan fingerprint density at radius 2 is 1.83 bits per heavy atom. The van der Waals surface area contributed by atoms with Crippen molar-refractivity contribution in [1.82, 2.24) is 0 Å². The molecule has 5 rings (SSSR count). The summed E-state index contributed by atoms with van der Waals surface area (Å²) in [7, 11) is 0. The number of aryl methyl sites for hydroxylation is 1. The number of hydrogen-bond acceptors (Lipinski definition) is 4. The van der Waals surface area contributed by atoms with Gasteiger partial charge in [0.2, 0.25) is 0 Å². The maximum atomic E-state index is 13.1. The topological polar surface area (TPSA) is 53.7 Å². The highest BCUT2D eigenvalue weighted by molar-refractivity contribution is 9.10. The normalized spacial score (nSPS) is 15.9. The zero-order chi connectivity index (χ0) is 20.8. The van der Waals surface area contributed by atoms with Crippen LogP contribution in [0.15, 0.2) is 80.4 Å². The van der Waals surface area contributed by atoms with Gasteiger partial charge in [-0.2, -0.15) is 0 Å². The fourth-order valence-corrected chi connectivity index (χ4v) is 4.61. The minimum absolute atomic E-state index is 0.00577. The van der Waals surface area contributed by atoms with Crippen LogP contribution in [0.3, 0.4) is 0 Å². The molecule has 2 heterocycles. The zero-order valence-corrected chi connectivity index (χ0v) is 18.0. The Labute approximate surface area is 182 Å². The van der Waals surface area contributed by atoms with E-state index in [1.165, 1.54) is 5.56 Å². The number of fused-ring (bicyclic) bond motifs is 2. The Balaban J connectivity index is 1.78. The second-order valence-corrected chi connectivity index (χ2v) is 8.59. The molecule has 0 saturated carbocycles. The van der Waals surface area contributed by atoms with Gasteiger partial charge in [0.05, 0.1) is 11.4 Å². The van der Waals surface area contributed by atoms with Crippen LogP contribution >= 0.6 is 15.9 Å². The lowest BCUT2D eigenvalue weighted by Gasteiger charge is -2.39. The van der Waals surface area contributed by atoms with Gasteiger partial charge in [-0.05, 0) is 60.9 Å². The molecule has 1 aliphatic rings.